The highest BCUT2D eigenvalue weighted by Gasteiger charge is 2.42. The molecule has 0 spiro atoms. The maximum atomic E-state index is 13.7. The molecule has 4 fully saturated rings. The van der Waals surface area contributed by atoms with Gasteiger partial charge in [0.25, 0.3) is 0 Å². The fourth-order valence-corrected chi connectivity index (χ4v) is 13.7. The van der Waals surface area contributed by atoms with Crippen molar-refractivity contribution in [3.05, 3.63) is 269 Å². The number of rotatable bonds is 14. The molecule has 8 aromatic heterocycles. The Morgan fingerprint density at radius 3 is 1.17 bits per heavy atom. The number of carbonyl (C=O) groups excluding carboxylic acids is 4. The van der Waals surface area contributed by atoms with E-state index in [1.165, 1.54) is 85.5 Å². The molecule has 22 nitrogen and oxygen atoms in total. The first-order chi connectivity index (χ1) is 54.7. The van der Waals surface area contributed by atoms with Crippen LogP contribution in [0.5, 0.6) is 0 Å². The minimum atomic E-state index is -4.71. The molecule has 0 amide bonds. The Bertz CT molecular complexity index is 5120. The SMILES string of the molecule is Cc1ncc(Br)cc1C(=O)c1nc(N2CCNC(c3ccccc3)C2)ccc1C(F)(F)F.Cc1ncccc1C(=O)c1nc(N2CCNC(c3ccccc3)C2)ccc1C(F)(F)F.Nc1ncc(Br)cc1C(=O)c1nc(N2CCNCC2)ccc1C(F)(F)F.Nc1ncccc1C(=O)c1nc(N2CCCNCC2)ccc1C(F)(F)F. The zero-order valence-corrected chi connectivity index (χ0v) is 64.5. The molecule has 0 saturated carbocycles. The molecule has 602 valence electrons. The van der Waals surface area contributed by atoms with Crippen LogP contribution in [0.4, 0.5) is 87.6 Å². The topological polar surface area (TPSA) is 285 Å². The first-order valence-corrected chi connectivity index (χ1v) is 37.5. The highest BCUT2D eigenvalue weighted by molar-refractivity contribution is 9.10. The summed E-state index contributed by atoms with van der Waals surface area (Å²) in [5.41, 5.74) is 7.34. The van der Waals surface area contributed by atoms with Crippen LogP contribution in [0.15, 0.2) is 179 Å². The van der Waals surface area contributed by atoms with Gasteiger partial charge in [-0.05, 0) is 155 Å². The lowest BCUT2D eigenvalue weighted by molar-refractivity contribution is -0.138. The Kier molecular flexibility index (Phi) is 27.4. The van der Waals surface area contributed by atoms with E-state index in [4.69, 9.17) is 11.5 Å². The van der Waals surface area contributed by atoms with Crippen LogP contribution in [-0.2, 0) is 24.7 Å². The average molecular weight is 1730 g/mol. The number of benzene rings is 2. The molecule has 0 radical (unpaired) electrons. The van der Waals surface area contributed by atoms with Crippen LogP contribution in [0, 0.1) is 13.8 Å². The third-order valence-corrected chi connectivity index (χ3v) is 19.7. The number of nitrogens with one attached hydrogen (secondary N) is 4. The van der Waals surface area contributed by atoms with Crippen LogP contribution in [0.25, 0.3) is 0 Å². The third kappa shape index (κ3) is 21.4. The molecule has 10 aromatic rings. The molecule has 4 saturated heterocycles. The largest absolute Gasteiger partial charge is 0.418 e. The molecular formula is C79H74Br2F12N18O4. The zero-order valence-electron chi connectivity index (χ0n) is 61.4. The molecule has 12 heterocycles. The van der Waals surface area contributed by atoms with Gasteiger partial charge in [0.15, 0.2) is 0 Å². The minimum absolute atomic E-state index is 0.00437. The predicted octanol–water partition coefficient (Wildman–Crippen LogP) is 13.7. The third-order valence-electron chi connectivity index (χ3n) is 18.9. The van der Waals surface area contributed by atoms with Gasteiger partial charge in [0.05, 0.1) is 33.4 Å². The maximum absolute atomic E-state index is 13.7. The maximum Gasteiger partial charge on any atom is 0.418 e. The summed E-state index contributed by atoms with van der Waals surface area (Å²) in [6.45, 7) is 12.0. The summed E-state index contributed by atoms with van der Waals surface area (Å²) in [5.74, 6) is -2.33. The average Bonchev–Trinajstić information content (AvgIpc) is 0.969. The number of hydrogen-bond acceptors (Lipinski definition) is 22. The van der Waals surface area contributed by atoms with Crippen molar-refractivity contribution in [1.29, 1.82) is 0 Å². The molecule has 36 heteroatoms. The van der Waals surface area contributed by atoms with E-state index in [1.807, 2.05) is 80.3 Å². The summed E-state index contributed by atoms with van der Waals surface area (Å²) in [5, 5.41) is 13.2. The molecule has 14 rings (SSSR count). The second kappa shape index (κ2) is 37.1. The lowest BCUT2D eigenvalue weighted by atomic mass is 10.0. The quantitative estimate of drug-likeness (QED) is 0.0436. The molecule has 4 aliphatic rings. The molecule has 8 N–H and O–H groups in total. The van der Waals surface area contributed by atoms with Crippen LogP contribution in [-0.4, -0.2) is 155 Å². The molecule has 0 bridgehead atoms. The minimum Gasteiger partial charge on any atom is -0.383 e. The summed E-state index contributed by atoms with van der Waals surface area (Å²) in [6, 6.07) is 37.2. The normalized spacial score (nSPS) is 16.2. The lowest BCUT2D eigenvalue weighted by Gasteiger charge is -2.35. The first-order valence-electron chi connectivity index (χ1n) is 35.9. The number of aryl methyl sites for hydroxylation is 2. The van der Waals surface area contributed by atoms with E-state index in [9.17, 15) is 71.9 Å². The van der Waals surface area contributed by atoms with Crippen molar-refractivity contribution < 1.29 is 71.9 Å². The number of nitrogens with two attached hydrogens (primary N) is 2. The van der Waals surface area contributed by atoms with E-state index < -0.39 is 92.9 Å². The van der Waals surface area contributed by atoms with E-state index in [0.29, 0.717) is 129 Å². The second-order valence-electron chi connectivity index (χ2n) is 26.6. The number of nitrogen functional groups attached to an aromatic ring is 2. The van der Waals surface area contributed by atoms with Crippen molar-refractivity contribution in [2.24, 2.45) is 0 Å². The standard InChI is InChI=1S/C23H20BrF3N4O.C23H21F3N4O.C17H18F3N5O.C16H15BrF3N5O/c1-14-17(11-16(24)12-29-14)22(32)21-18(23(25,26)27)7-8-20(30-21)31-10-9-28-19(13-31)15-5-3-2-4-6-15;1-15-17(8-5-11-27-15)22(31)21-18(23(24,25)26)9-10-20(29-21)30-13-12-28-19(14-30)16-6-3-2-4-7-16;18-17(19,20)12-4-5-13(25-9-2-6-22-8-10-25)24-14(12)15(26)11-3-1-7-23-16(11)21;17-9-7-10(15(21)23-8-9)14(26)13-11(16(18,19)20)1-2-12(24-13)25-5-3-22-4-6-25/h2-8,11-12,19,28H,9-10,13H2,1H3;2-11,19,28H,12-14H2,1H3;1,3-5,7,22H,2,6,8-10H2,(H2,21,23);1-2,7-8,22H,3-6H2,(H2,21,23). The predicted molar refractivity (Wildman–Crippen MR) is 415 cm³/mol. The lowest BCUT2D eigenvalue weighted by Crippen LogP contribution is -2.46. The highest BCUT2D eigenvalue weighted by Crippen LogP contribution is 2.40. The molecule has 115 heavy (non-hydrogen) atoms. The van der Waals surface area contributed by atoms with Crippen molar-refractivity contribution in [3.63, 3.8) is 0 Å². The van der Waals surface area contributed by atoms with Crippen molar-refractivity contribution >= 4 is 89.9 Å². The van der Waals surface area contributed by atoms with Crippen molar-refractivity contribution in [1.82, 2.24) is 61.1 Å². The monoisotopic (exact) mass is 1720 g/mol. The number of piperazine rings is 3. The van der Waals surface area contributed by atoms with Crippen LogP contribution in [0.2, 0.25) is 0 Å². The Labute approximate surface area is 668 Å². The Morgan fingerprint density at radius 2 is 0.730 bits per heavy atom. The van der Waals surface area contributed by atoms with Crippen molar-refractivity contribution in [2.75, 3.05) is 123 Å². The van der Waals surface area contributed by atoms with Gasteiger partial charge < -0.3 is 52.3 Å². The van der Waals surface area contributed by atoms with E-state index in [1.54, 1.807) is 13.8 Å². The van der Waals surface area contributed by atoms with Crippen LogP contribution in [0.3, 0.4) is 0 Å². The van der Waals surface area contributed by atoms with E-state index in [2.05, 4.69) is 93.0 Å². The number of hydrogen-bond donors (Lipinski definition) is 6. The molecule has 0 aliphatic carbocycles. The summed E-state index contributed by atoms with van der Waals surface area (Å²) in [7, 11) is 0. The molecule has 2 aromatic carbocycles. The summed E-state index contributed by atoms with van der Waals surface area (Å²) < 4.78 is 163. The number of halogens is 14. The number of carbonyl (C=O) groups is 4. The van der Waals surface area contributed by atoms with Gasteiger partial charge in [-0.3, -0.25) is 29.1 Å². The smallest absolute Gasteiger partial charge is 0.383 e. The van der Waals surface area contributed by atoms with Crippen LogP contribution >= 0.6 is 31.9 Å². The van der Waals surface area contributed by atoms with Crippen molar-refractivity contribution in [3.8, 4) is 0 Å². The van der Waals surface area contributed by atoms with E-state index in [-0.39, 0.29) is 46.0 Å². The Hall–Kier alpha value is -10.9. The number of aromatic nitrogens is 8. The summed E-state index contributed by atoms with van der Waals surface area (Å²) in [4.78, 5) is 91.4. The Morgan fingerprint density at radius 1 is 0.383 bits per heavy atom. The van der Waals surface area contributed by atoms with Gasteiger partial charge in [-0.1, -0.05) is 60.7 Å². The molecule has 2 unspecified atom stereocenters. The molecule has 4 aliphatic heterocycles. The first kappa shape index (κ1) is 85.0. The van der Waals surface area contributed by atoms with Gasteiger partial charge in [-0.2, -0.15) is 52.7 Å². The van der Waals surface area contributed by atoms with Gasteiger partial charge in [0.2, 0.25) is 23.1 Å². The zero-order chi connectivity index (χ0) is 82.5. The Balaban J connectivity index is 0.000000152. The van der Waals surface area contributed by atoms with Crippen molar-refractivity contribution in [2.45, 2.75) is 57.1 Å². The highest BCUT2D eigenvalue weighted by atomic mass is 79.9. The fourth-order valence-electron chi connectivity index (χ4n) is 13.0. The van der Waals surface area contributed by atoms with Gasteiger partial charge in [0.1, 0.15) is 57.7 Å². The van der Waals surface area contributed by atoms with E-state index in [0.717, 1.165) is 48.4 Å². The van der Waals surface area contributed by atoms with Crippen LogP contribution < -0.4 is 52.3 Å². The number of ketones is 4. The van der Waals surface area contributed by atoms with E-state index >= 15 is 0 Å². The number of anilines is 6. The second-order valence-corrected chi connectivity index (χ2v) is 28.4. The van der Waals surface area contributed by atoms with Gasteiger partial charge in [-0.25, -0.2) is 29.9 Å². The van der Waals surface area contributed by atoms with Gasteiger partial charge in [-0.15, -0.1) is 0 Å². The summed E-state index contributed by atoms with van der Waals surface area (Å²) in [6.07, 6.45) is -12.3. The van der Waals surface area contributed by atoms with Gasteiger partial charge >= 0.3 is 24.7 Å². The fraction of sp³-hybridized carbons (Fsp3) is 0.291. The van der Waals surface area contributed by atoms with Gasteiger partial charge in [0, 0.05) is 153 Å². The number of nitrogens with zero attached hydrogens (tertiary/aromatic N) is 12. The summed E-state index contributed by atoms with van der Waals surface area (Å²) >= 11 is 6.37. The molecule has 2 atom stereocenters. The van der Waals surface area contributed by atoms with Crippen LogP contribution in [0.1, 0.15) is 127 Å². The molecular weight excluding hydrogens is 1650 g/mol. The number of alkyl halides is 12. The number of pyridine rings is 8.